The van der Waals surface area contributed by atoms with E-state index >= 15 is 0 Å². The van der Waals surface area contributed by atoms with Crippen molar-refractivity contribution in [3.63, 3.8) is 0 Å². The second-order valence-corrected chi connectivity index (χ2v) is 2.92. The summed E-state index contributed by atoms with van der Waals surface area (Å²) >= 11 is 0. The normalized spacial score (nSPS) is 10.7. The van der Waals surface area contributed by atoms with Gasteiger partial charge in [0.15, 0.2) is 11.6 Å². The van der Waals surface area contributed by atoms with E-state index < -0.39 is 17.4 Å². The molecular weight excluding hydrogens is 190 g/mol. The summed E-state index contributed by atoms with van der Waals surface area (Å²) < 4.78 is 26.4. The number of fused-ring (bicyclic) bond motifs is 1. The molecule has 0 unspecified atom stereocenters. The number of rotatable bonds is 0. The maximum Gasteiger partial charge on any atom is 0.175 e. The zero-order chi connectivity index (χ0) is 10.3. The maximum absolute atomic E-state index is 13.2. The Morgan fingerprint density at radius 1 is 1.00 bits per heavy atom. The highest BCUT2D eigenvalue weighted by atomic mass is 19.1. The van der Waals surface area contributed by atoms with Crippen LogP contribution in [0, 0.1) is 11.6 Å². The van der Waals surface area contributed by atoms with Crippen LogP contribution in [0.25, 0.3) is 10.8 Å². The average molecular weight is 196 g/mol. The zero-order valence-corrected chi connectivity index (χ0v) is 6.96. The first-order valence-electron chi connectivity index (χ1n) is 3.89. The summed E-state index contributed by atoms with van der Waals surface area (Å²) in [7, 11) is 0. The number of phenols is 2. The minimum atomic E-state index is -1.01. The minimum absolute atomic E-state index is 0.206. The minimum Gasteiger partial charge on any atom is -0.508 e. The van der Waals surface area contributed by atoms with Gasteiger partial charge in [0.2, 0.25) is 0 Å². The molecule has 2 aromatic carbocycles. The van der Waals surface area contributed by atoms with Crippen molar-refractivity contribution in [1.82, 2.24) is 0 Å². The van der Waals surface area contributed by atoms with Gasteiger partial charge >= 0.3 is 0 Å². The van der Waals surface area contributed by atoms with Crippen LogP contribution in [0.3, 0.4) is 0 Å². The summed E-state index contributed by atoms with van der Waals surface area (Å²) in [4.78, 5) is 0. The van der Waals surface area contributed by atoms with E-state index in [0.717, 1.165) is 12.1 Å². The van der Waals surface area contributed by atoms with Crippen molar-refractivity contribution >= 4 is 10.8 Å². The fourth-order valence-electron chi connectivity index (χ4n) is 1.35. The molecule has 0 bridgehead atoms. The Morgan fingerprint density at radius 2 is 1.71 bits per heavy atom. The molecule has 2 N–H and O–H groups in total. The molecule has 0 amide bonds. The van der Waals surface area contributed by atoms with Crippen molar-refractivity contribution < 1.29 is 19.0 Å². The number of phenolic OH excluding ortho intramolecular Hbond substituents is 2. The molecule has 0 aromatic heterocycles. The molecule has 0 radical (unpaired) electrons. The molecule has 0 aliphatic rings. The third-order valence-corrected chi connectivity index (χ3v) is 1.97. The van der Waals surface area contributed by atoms with Gasteiger partial charge < -0.3 is 10.2 Å². The fraction of sp³-hybridized carbons (Fsp3) is 0. The topological polar surface area (TPSA) is 40.5 Å². The van der Waals surface area contributed by atoms with Gasteiger partial charge in [-0.2, -0.15) is 0 Å². The van der Waals surface area contributed by atoms with E-state index in [1.165, 1.54) is 12.1 Å². The zero-order valence-electron chi connectivity index (χ0n) is 6.96. The molecule has 0 fully saturated rings. The summed E-state index contributed by atoms with van der Waals surface area (Å²) in [5.74, 6) is -2.80. The Hall–Kier alpha value is -1.84. The molecule has 2 nitrogen and oxygen atoms in total. The Morgan fingerprint density at radius 3 is 2.43 bits per heavy atom. The molecule has 14 heavy (non-hydrogen) atoms. The molecule has 0 saturated carbocycles. The van der Waals surface area contributed by atoms with Crippen molar-refractivity contribution in [3.8, 4) is 11.5 Å². The largest absolute Gasteiger partial charge is 0.508 e. The Kier molecular flexibility index (Phi) is 1.77. The van der Waals surface area contributed by atoms with E-state index in [1.807, 2.05) is 0 Å². The number of halogens is 2. The van der Waals surface area contributed by atoms with E-state index in [4.69, 9.17) is 10.2 Å². The molecule has 4 heteroatoms. The SMILES string of the molecule is Oc1cc(F)c2c(F)c(O)ccc2c1. The standard InChI is InChI=1S/C10H6F2O2/c11-7-4-6(13)3-5-1-2-8(14)10(12)9(5)7/h1-4,13-14H. The first kappa shape index (κ1) is 8.74. The van der Waals surface area contributed by atoms with Gasteiger partial charge in [-0.1, -0.05) is 6.07 Å². The lowest BCUT2D eigenvalue weighted by Crippen LogP contribution is -1.85. The predicted octanol–water partition coefficient (Wildman–Crippen LogP) is 2.53. The lowest BCUT2D eigenvalue weighted by Gasteiger charge is -2.03. The lowest BCUT2D eigenvalue weighted by atomic mass is 10.1. The summed E-state index contributed by atoms with van der Waals surface area (Å²) in [6, 6.07) is 4.46. The molecule has 0 atom stereocenters. The number of hydrogen-bond acceptors (Lipinski definition) is 2. The molecular formula is C10H6F2O2. The molecule has 0 heterocycles. The van der Waals surface area contributed by atoms with Gasteiger partial charge in [-0.05, 0) is 17.5 Å². The molecule has 72 valence electrons. The third kappa shape index (κ3) is 1.16. The number of aromatic hydroxyl groups is 2. The van der Waals surface area contributed by atoms with Crippen molar-refractivity contribution in [2.24, 2.45) is 0 Å². The molecule has 0 spiro atoms. The van der Waals surface area contributed by atoms with Crippen molar-refractivity contribution in [1.29, 1.82) is 0 Å². The van der Waals surface area contributed by atoms with E-state index in [9.17, 15) is 8.78 Å². The van der Waals surface area contributed by atoms with Crippen LogP contribution >= 0.6 is 0 Å². The maximum atomic E-state index is 13.2. The Labute approximate surface area is 78.0 Å². The monoisotopic (exact) mass is 196 g/mol. The highest BCUT2D eigenvalue weighted by Gasteiger charge is 2.11. The molecule has 2 rings (SSSR count). The van der Waals surface area contributed by atoms with Crippen LogP contribution in [-0.4, -0.2) is 10.2 Å². The highest BCUT2D eigenvalue weighted by Crippen LogP contribution is 2.30. The van der Waals surface area contributed by atoms with Crippen molar-refractivity contribution in [3.05, 3.63) is 35.9 Å². The summed E-state index contributed by atoms with van der Waals surface area (Å²) in [5, 5.41) is 17.9. The van der Waals surface area contributed by atoms with Crippen LogP contribution in [0.15, 0.2) is 24.3 Å². The smallest absolute Gasteiger partial charge is 0.175 e. The van der Waals surface area contributed by atoms with Gasteiger partial charge in [0.05, 0.1) is 5.39 Å². The highest BCUT2D eigenvalue weighted by molar-refractivity contribution is 5.86. The van der Waals surface area contributed by atoms with E-state index in [1.54, 1.807) is 0 Å². The number of benzene rings is 2. The molecule has 0 aliphatic heterocycles. The summed E-state index contributed by atoms with van der Waals surface area (Å²) in [6.45, 7) is 0. The summed E-state index contributed by atoms with van der Waals surface area (Å²) in [5.41, 5.74) is 0. The second-order valence-electron chi connectivity index (χ2n) is 2.92. The first-order valence-corrected chi connectivity index (χ1v) is 3.89. The third-order valence-electron chi connectivity index (χ3n) is 1.97. The molecule has 0 aliphatic carbocycles. The van der Waals surface area contributed by atoms with Crippen LogP contribution in [0.5, 0.6) is 11.5 Å². The van der Waals surface area contributed by atoms with Gasteiger partial charge in [-0.15, -0.1) is 0 Å². The molecule has 0 saturated heterocycles. The lowest BCUT2D eigenvalue weighted by molar-refractivity contribution is 0.434. The van der Waals surface area contributed by atoms with Gasteiger partial charge in [0, 0.05) is 6.07 Å². The van der Waals surface area contributed by atoms with Gasteiger partial charge in [-0.25, -0.2) is 8.78 Å². The van der Waals surface area contributed by atoms with E-state index in [0.29, 0.717) is 0 Å². The van der Waals surface area contributed by atoms with Gasteiger partial charge in [0.25, 0.3) is 0 Å². The summed E-state index contributed by atoms with van der Waals surface area (Å²) in [6.07, 6.45) is 0. The van der Waals surface area contributed by atoms with E-state index in [-0.39, 0.29) is 16.5 Å². The Bertz CT molecular complexity index is 509. The molecule has 2 aromatic rings. The van der Waals surface area contributed by atoms with Crippen LogP contribution in [0.2, 0.25) is 0 Å². The van der Waals surface area contributed by atoms with Gasteiger partial charge in [0.1, 0.15) is 11.6 Å². The van der Waals surface area contributed by atoms with Crippen molar-refractivity contribution in [2.75, 3.05) is 0 Å². The first-order chi connectivity index (χ1) is 6.59. The van der Waals surface area contributed by atoms with Crippen molar-refractivity contribution in [2.45, 2.75) is 0 Å². The van der Waals surface area contributed by atoms with Crippen LogP contribution in [0.1, 0.15) is 0 Å². The van der Waals surface area contributed by atoms with Crippen LogP contribution in [-0.2, 0) is 0 Å². The van der Waals surface area contributed by atoms with Gasteiger partial charge in [-0.3, -0.25) is 0 Å². The second kappa shape index (κ2) is 2.83. The van der Waals surface area contributed by atoms with Crippen LogP contribution in [0.4, 0.5) is 8.78 Å². The van der Waals surface area contributed by atoms with E-state index in [2.05, 4.69) is 0 Å². The van der Waals surface area contributed by atoms with Crippen LogP contribution < -0.4 is 0 Å². The number of hydrogen-bond donors (Lipinski definition) is 2. The predicted molar refractivity (Wildman–Crippen MR) is 47.2 cm³/mol. The Balaban J connectivity index is 2.95. The fourth-order valence-corrected chi connectivity index (χ4v) is 1.35. The quantitative estimate of drug-likeness (QED) is 0.679. The average Bonchev–Trinajstić information content (AvgIpc) is 2.10.